The Hall–Kier alpha value is 0.240. The van der Waals surface area contributed by atoms with Gasteiger partial charge in [0.15, 0.2) is 0 Å². The van der Waals surface area contributed by atoms with E-state index < -0.39 is 0 Å². The number of benzene rings is 1. The minimum atomic E-state index is -0.151. The van der Waals surface area contributed by atoms with Crippen molar-refractivity contribution in [2.45, 2.75) is 43.6 Å². The molecule has 1 aliphatic rings. The van der Waals surface area contributed by atoms with Crippen LogP contribution in [-0.2, 0) is 10.2 Å². The third-order valence-corrected chi connectivity index (χ3v) is 5.88. The molecule has 0 saturated carbocycles. The average molecular weight is 380 g/mol. The number of rotatable bonds is 7. The summed E-state index contributed by atoms with van der Waals surface area (Å²) < 4.78 is 6.78. The van der Waals surface area contributed by atoms with Gasteiger partial charge in [-0.05, 0) is 43.7 Å². The number of hydrogen-bond donors (Lipinski definition) is 0. The molecule has 0 radical (unpaired) electrons. The van der Waals surface area contributed by atoms with Crippen molar-refractivity contribution in [2.75, 3.05) is 18.4 Å². The van der Waals surface area contributed by atoms with E-state index in [4.69, 9.17) is 27.9 Å². The van der Waals surface area contributed by atoms with E-state index in [9.17, 15) is 0 Å². The van der Waals surface area contributed by atoms with Gasteiger partial charge in [0.1, 0.15) is 0 Å². The van der Waals surface area contributed by atoms with Gasteiger partial charge in [0.2, 0.25) is 0 Å². The molecule has 0 spiro atoms. The van der Waals surface area contributed by atoms with Crippen molar-refractivity contribution in [3.05, 3.63) is 34.3 Å². The van der Waals surface area contributed by atoms with Crippen molar-refractivity contribution in [3.63, 3.8) is 0 Å². The molecule has 1 nitrogen and oxygen atoms in total. The Morgan fingerprint density at radius 2 is 2.00 bits per heavy atom. The average Bonchev–Trinajstić information content (AvgIpc) is 2.98. The van der Waals surface area contributed by atoms with Gasteiger partial charge in [0, 0.05) is 28.3 Å². The number of alkyl halides is 2. The summed E-state index contributed by atoms with van der Waals surface area (Å²) in [7, 11) is 0. The first-order valence-corrected chi connectivity index (χ1v) is 9.06. The van der Waals surface area contributed by atoms with Crippen LogP contribution in [0.4, 0.5) is 0 Å². The summed E-state index contributed by atoms with van der Waals surface area (Å²) in [5, 5.41) is 0. The van der Waals surface area contributed by atoms with E-state index in [1.807, 2.05) is 12.1 Å². The summed E-state index contributed by atoms with van der Waals surface area (Å²) in [4.78, 5) is 0. The Bertz CT molecular complexity index is 415. The number of hydrogen-bond acceptors (Lipinski definition) is 1. The maximum Gasteiger partial charge on any atom is 0.0576 e. The Balaban J connectivity index is 2.03. The van der Waals surface area contributed by atoms with Crippen LogP contribution in [0.3, 0.4) is 0 Å². The largest absolute Gasteiger partial charge is 0.378 e. The molecule has 1 atom stereocenters. The fourth-order valence-electron chi connectivity index (χ4n) is 2.88. The summed E-state index contributed by atoms with van der Waals surface area (Å²) in [6, 6.07) is 8.26. The highest BCUT2D eigenvalue weighted by Crippen LogP contribution is 2.37. The highest BCUT2D eigenvalue weighted by atomic mass is 79.9. The predicted octanol–water partition coefficient (Wildman–Crippen LogP) is 5.51. The molecule has 0 aliphatic carbocycles. The molecular weight excluding hydrogens is 359 g/mol. The summed E-state index contributed by atoms with van der Waals surface area (Å²) in [5.41, 5.74) is 1.07. The Morgan fingerprint density at radius 1 is 1.25 bits per heavy atom. The van der Waals surface area contributed by atoms with Crippen LogP contribution >= 0.6 is 39.1 Å². The molecule has 1 aliphatic heterocycles. The maximum atomic E-state index is 6.29. The lowest BCUT2D eigenvalue weighted by Gasteiger charge is -2.31. The van der Waals surface area contributed by atoms with Gasteiger partial charge in [-0.2, -0.15) is 0 Å². The van der Waals surface area contributed by atoms with Crippen molar-refractivity contribution in [3.8, 4) is 0 Å². The number of ether oxygens (including phenoxy) is 1. The normalized spacial score (nSPS) is 19.4. The molecule has 0 aromatic heterocycles. The molecule has 1 heterocycles. The van der Waals surface area contributed by atoms with Crippen LogP contribution in [0.5, 0.6) is 0 Å². The molecule has 1 aromatic carbocycles. The second-order valence-corrected chi connectivity index (χ2v) is 6.94. The monoisotopic (exact) mass is 378 g/mol. The van der Waals surface area contributed by atoms with Crippen LogP contribution in [-0.4, -0.2) is 24.5 Å². The number of halogens is 3. The van der Waals surface area contributed by atoms with Crippen LogP contribution in [0, 0.1) is 0 Å². The fraction of sp³-hybridized carbons (Fsp3) is 0.625. The van der Waals surface area contributed by atoms with Crippen LogP contribution in [0.15, 0.2) is 28.7 Å². The Morgan fingerprint density at radius 3 is 2.60 bits per heavy atom. The van der Waals surface area contributed by atoms with Gasteiger partial charge < -0.3 is 4.74 Å². The van der Waals surface area contributed by atoms with Gasteiger partial charge in [-0.15, -0.1) is 23.2 Å². The van der Waals surface area contributed by atoms with E-state index in [0.29, 0.717) is 17.9 Å². The Labute approximate surface area is 140 Å². The topological polar surface area (TPSA) is 9.23 Å². The molecule has 1 saturated heterocycles. The Kier molecular flexibility index (Phi) is 6.67. The first kappa shape index (κ1) is 16.6. The zero-order valence-electron chi connectivity index (χ0n) is 11.6. The lowest BCUT2D eigenvalue weighted by atomic mass is 9.79. The van der Waals surface area contributed by atoms with Crippen molar-refractivity contribution in [1.82, 2.24) is 0 Å². The first-order valence-electron chi connectivity index (χ1n) is 7.20. The lowest BCUT2D eigenvalue weighted by molar-refractivity contribution is 0.101. The molecule has 0 N–H and O–H groups in total. The summed E-state index contributed by atoms with van der Waals surface area (Å²) >= 11 is 16.2. The smallest absolute Gasteiger partial charge is 0.0576 e. The molecule has 0 bridgehead atoms. The van der Waals surface area contributed by atoms with E-state index in [-0.39, 0.29) is 5.41 Å². The maximum absolute atomic E-state index is 6.29. The van der Waals surface area contributed by atoms with E-state index in [1.165, 1.54) is 18.4 Å². The standard InChI is InChI=1S/C16H21BrCl2O/c17-15-8-2-1-7-14(15)16(11-18,12-19)9-3-5-13-6-4-10-20-13/h1-2,7-8,13H,3-6,9-12H2. The van der Waals surface area contributed by atoms with Crippen molar-refractivity contribution < 1.29 is 4.74 Å². The van der Waals surface area contributed by atoms with E-state index in [0.717, 1.165) is 30.3 Å². The van der Waals surface area contributed by atoms with Gasteiger partial charge in [-0.25, -0.2) is 0 Å². The molecule has 112 valence electrons. The lowest BCUT2D eigenvalue weighted by Crippen LogP contribution is -2.31. The van der Waals surface area contributed by atoms with Gasteiger partial charge in [0.25, 0.3) is 0 Å². The molecule has 1 unspecified atom stereocenters. The van der Waals surface area contributed by atoms with E-state index in [2.05, 4.69) is 28.1 Å². The summed E-state index contributed by atoms with van der Waals surface area (Å²) in [6.07, 6.45) is 6.06. The first-order chi connectivity index (χ1) is 9.72. The fourth-order valence-corrected chi connectivity index (χ4v) is 4.43. The third kappa shape index (κ3) is 3.91. The van der Waals surface area contributed by atoms with E-state index in [1.54, 1.807) is 0 Å². The highest BCUT2D eigenvalue weighted by Gasteiger charge is 2.32. The van der Waals surface area contributed by atoms with Crippen LogP contribution in [0.2, 0.25) is 0 Å². The predicted molar refractivity (Wildman–Crippen MR) is 90.1 cm³/mol. The molecule has 1 fully saturated rings. The third-order valence-electron chi connectivity index (χ3n) is 4.16. The molecule has 2 rings (SSSR count). The van der Waals surface area contributed by atoms with E-state index >= 15 is 0 Å². The second-order valence-electron chi connectivity index (χ2n) is 5.55. The molecular formula is C16H21BrCl2O. The SMILES string of the molecule is ClCC(CCl)(CCCC1CCCO1)c1ccccc1Br. The van der Waals surface area contributed by atoms with Crippen LogP contribution in [0.25, 0.3) is 0 Å². The summed E-state index contributed by atoms with van der Waals surface area (Å²) in [6.45, 7) is 0.922. The molecule has 1 aromatic rings. The molecule has 4 heteroatoms. The molecule has 0 amide bonds. The quantitative estimate of drug-likeness (QED) is 0.567. The second kappa shape index (κ2) is 8.03. The highest BCUT2D eigenvalue weighted by molar-refractivity contribution is 9.10. The van der Waals surface area contributed by atoms with Crippen molar-refractivity contribution in [1.29, 1.82) is 0 Å². The van der Waals surface area contributed by atoms with Crippen LogP contribution in [0.1, 0.15) is 37.7 Å². The van der Waals surface area contributed by atoms with Crippen LogP contribution < -0.4 is 0 Å². The minimum absolute atomic E-state index is 0.151. The minimum Gasteiger partial charge on any atom is -0.378 e. The molecule has 20 heavy (non-hydrogen) atoms. The van der Waals surface area contributed by atoms with Crippen molar-refractivity contribution >= 4 is 39.1 Å². The summed E-state index contributed by atoms with van der Waals surface area (Å²) in [5.74, 6) is 1.09. The zero-order chi connectivity index (χ0) is 14.4. The van der Waals surface area contributed by atoms with Gasteiger partial charge in [-0.3, -0.25) is 0 Å². The van der Waals surface area contributed by atoms with Gasteiger partial charge in [0.05, 0.1) is 6.10 Å². The zero-order valence-corrected chi connectivity index (χ0v) is 14.7. The van der Waals surface area contributed by atoms with Gasteiger partial charge >= 0.3 is 0 Å². The van der Waals surface area contributed by atoms with Gasteiger partial charge in [-0.1, -0.05) is 34.1 Å². The van der Waals surface area contributed by atoms with Crippen molar-refractivity contribution in [2.24, 2.45) is 0 Å².